The number of ether oxygens (including phenoxy) is 5. The Bertz CT molecular complexity index is 605. The van der Waals surface area contributed by atoms with Crippen molar-refractivity contribution in [3.63, 3.8) is 0 Å². The third kappa shape index (κ3) is 3.97. The number of methoxy groups -OCH3 is 2. The number of carbonyl (C=O) groups excluding carboxylic acids is 1. The van der Waals surface area contributed by atoms with Gasteiger partial charge < -0.3 is 28.1 Å². The van der Waals surface area contributed by atoms with Crippen molar-refractivity contribution in [1.29, 1.82) is 0 Å². The molecule has 0 unspecified atom stereocenters. The van der Waals surface area contributed by atoms with E-state index in [1.54, 1.807) is 25.3 Å². The lowest BCUT2D eigenvalue weighted by atomic mass is 10.2. The lowest BCUT2D eigenvalue weighted by molar-refractivity contribution is -0.0188. The summed E-state index contributed by atoms with van der Waals surface area (Å²) in [7, 11) is 3.00. The molecule has 0 saturated carbocycles. The highest BCUT2D eigenvalue weighted by Gasteiger charge is 2.23. The molecule has 0 N–H and O–H groups in total. The molecule has 120 valence electrons. The monoisotopic (exact) mass is 310 g/mol. The number of hydrogen-bond donors (Lipinski definition) is 0. The highest BCUT2D eigenvalue weighted by Crippen LogP contribution is 2.33. The number of esters is 1. The van der Waals surface area contributed by atoms with E-state index in [1.807, 2.05) is 6.07 Å². The maximum Gasteiger partial charge on any atom is 0.380 e. The normalized spacial score (nSPS) is 10.8. The van der Waals surface area contributed by atoms with Crippen molar-refractivity contribution in [2.75, 3.05) is 41.0 Å². The molecule has 1 aromatic heterocycles. The molecular formula is C15H18O7. The van der Waals surface area contributed by atoms with Gasteiger partial charge in [0.1, 0.15) is 5.58 Å². The number of carbonyl (C=O) groups is 1. The highest BCUT2D eigenvalue weighted by atomic mass is 16.7. The molecule has 0 amide bonds. The molecule has 0 saturated heterocycles. The molecule has 0 radical (unpaired) electrons. The maximum atomic E-state index is 12.0. The number of furan rings is 1. The standard InChI is InChI=1S/C15H18O7/c1-17-7-8-19-10-20-13-11-5-3-4-6-12(11)22-14(13)15(16)21-9-18-2/h3-6H,7-10H2,1-2H3. The molecule has 22 heavy (non-hydrogen) atoms. The number of hydrogen-bond acceptors (Lipinski definition) is 7. The second-order valence-corrected chi connectivity index (χ2v) is 4.26. The van der Waals surface area contributed by atoms with Gasteiger partial charge in [-0.25, -0.2) is 4.79 Å². The largest absolute Gasteiger partial charge is 0.463 e. The van der Waals surface area contributed by atoms with Crippen LogP contribution in [0, 0.1) is 0 Å². The minimum absolute atomic E-state index is 0.0198. The van der Waals surface area contributed by atoms with Crippen molar-refractivity contribution in [1.82, 2.24) is 0 Å². The van der Waals surface area contributed by atoms with Crippen molar-refractivity contribution in [2.24, 2.45) is 0 Å². The molecule has 0 bridgehead atoms. The Hall–Kier alpha value is -2.09. The number of rotatable bonds is 9. The summed E-state index contributed by atoms with van der Waals surface area (Å²) in [6.07, 6.45) is 0. The van der Waals surface area contributed by atoms with Crippen LogP contribution in [0.3, 0.4) is 0 Å². The van der Waals surface area contributed by atoms with Gasteiger partial charge in [0.15, 0.2) is 19.3 Å². The zero-order chi connectivity index (χ0) is 15.8. The second kappa shape index (κ2) is 8.38. The van der Waals surface area contributed by atoms with E-state index in [0.29, 0.717) is 24.2 Å². The maximum absolute atomic E-state index is 12.0. The summed E-state index contributed by atoms with van der Waals surface area (Å²) in [6.45, 7) is 0.644. The Kier molecular flexibility index (Phi) is 6.20. The second-order valence-electron chi connectivity index (χ2n) is 4.26. The Balaban J connectivity index is 2.15. The molecule has 1 aromatic carbocycles. The van der Waals surface area contributed by atoms with Crippen LogP contribution in [0.1, 0.15) is 10.6 Å². The molecule has 2 aromatic rings. The lowest BCUT2D eigenvalue weighted by Gasteiger charge is -2.07. The fourth-order valence-corrected chi connectivity index (χ4v) is 1.78. The predicted molar refractivity (Wildman–Crippen MR) is 76.8 cm³/mol. The van der Waals surface area contributed by atoms with Gasteiger partial charge in [-0.3, -0.25) is 0 Å². The Morgan fingerprint density at radius 2 is 1.91 bits per heavy atom. The first-order chi connectivity index (χ1) is 10.8. The summed E-state index contributed by atoms with van der Waals surface area (Å²) in [5.41, 5.74) is 0.527. The van der Waals surface area contributed by atoms with Gasteiger partial charge in [0.25, 0.3) is 5.76 Å². The van der Waals surface area contributed by atoms with Gasteiger partial charge in [-0.15, -0.1) is 0 Å². The van der Waals surface area contributed by atoms with Crippen molar-refractivity contribution < 1.29 is 32.9 Å². The number of para-hydroxylation sites is 1. The fourth-order valence-electron chi connectivity index (χ4n) is 1.78. The lowest BCUT2D eigenvalue weighted by Crippen LogP contribution is -2.11. The highest BCUT2D eigenvalue weighted by molar-refractivity contribution is 5.98. The van der Waals surface area contributed by atoms with Crippen LogP contribution in [0.2, 0.25) is 0 Å². The molecule has 7 nitrogen and oxygen atoms in total. The van der Waals surface area contributed by atoms with E-state index in [1.165, 1.54) is 7.11 Å². The number of benzene rings is 1. The minimum atomic E-state index is -0.662. The molecule has 1 heterocycles. The fraction of sp³-hybridized carbons (Fsp3) is 0.400. The molecule has 0 fully saturated rings. The Morgan fingerprint density at radius 3 is 2.68 bits per heavy atom. The zero-order valence-corrected chi connectivity index (χ0v) is 12.5. The summed E-state index contributed by atoms with van der Waals surface area (Å²) >= 11 is 0. The third-order valence-corrected chi connectivity index (χ3v) is 2.76. The van der Waals surface area contributed by atoms with Crippen LogP contribution >= 0.6 is 0 Å². The predicted octanol–water partition coefficient (Wildman–Crippen LogP) is 2.19. The number of fused-ring (bicyclic) bond motifs is 1. The topological polar surface area (TPSA) is 76.4 Å². The molecule has 0 aliphatic rings. The van der Waals surface area contributed by atoms with Crippen molar-refractivity contribution in [2.45, 2.75) is 0 Å². The molecule has 2 rings (SSSR count). The van der Waals surface area contributed by atoms with Crippen LogP contribution in [0.15, 0.2) is 28.7 Å². The average molecular weight is 310 g/mol. The summed E-state index contributed by atoms with van der Waals surface area (Å²) in [6, 6.07) is 7.15. The molecule has 0 spiro atoms. The van der Waals surface area contributed by atoms with E-state index in [4.69, 9.17) is 28.1 Å². The summed E-state index contributed by atoms with van der Waals surface area (Å²) in [4.78, 5) is 12.0. The SMILES string of the molecule is COCCOCOc1c(C(=O)OCOC)oc2ccccc12. The summed E-state index contributed by atoms with van der Waals surface area (Å²) in [5.74, 6) is -0.396. The van der Waals surface area contributed by atoms with Crippen LogP contribution in [0.5, 0.6) is 5.75 Å². The van der Waals surface area contributed by atoms with Crippen LogP contribution in [-0.2, 0) is 18.9 Å². The van der Waals surface area contributed by atoms with Crippen LogP contribution in [0.25, 0.3) is 11.0 Å². The smallest absolute Gasteiger partial charge is 0.380 e. The van der Waals surface area contributed by atoms with Gasteiger partial charge in [0, 0.05) is 14.2 Å². The van der Waals surface area contributed by atoms with Gasteiger partial charge in [0.2, 0.25) is 0 Å². The van der Waals surface area contributed by atoms with E-state index < -0.39 is 5.97 Å². The molecule has 0 atom stereocenters. The molecule has 0 aliphatic heterocycles. The van der Waals surface area contributed by atoms with Crippen molar-refractivity contribution in [3.05, 3.63) is 30.0 Å². The first kappa shape index (κ1) is 16.3. The van der Waals surface area contributed by atoms with E-state index >= 15 is 0 Å². The van der Waals surface area contributed by atoms with Gasteiger partial charge >= 0.3 is 5.97 Å². The van der Waals surface area contributed by atoms with Gasteiger partial charge in [-0.2, -0.15) is 0 Å². The minimum Gasteiger partial charge on any atom is -0.463 e. The van der Waals surface area contributed by atoms with Gasteiger partial charge in [0.05, 0.1) is 18.6 Å². The average Bonchev–Trinajstić information content (AvgIpc) is 2.91. The van der Waals surface area contributed by atoms with E-state index in [9.17, 15) is 4.79 Å². The molecule has 0 aliphatic carbocycles. The third-order valence-electron chi connectivity index (χ3n) is 2.76. The molecular weight excluding hydrogens is 292 g/mol. The van der Waals surface area contributed by atoms with Gasteiger partial charge in [-0.1, -0.05) is 12.1 Å². The summed E-state index contributed by atoms with van der Waals surface area (Å²) in [5, 5.41) is 0.669. The summed E-state index contributed by atoms with van der Waals surface area (Å²) < 4.78 is 30.7. The van der Waals surface area contributed by atoms with Crippen molar-refractivity contribution in [3.8, 4) is 5.75 Å². The first-order valence-electron chi connectivity index (χ1n) is 6.65. The Morgan fingerprint density at radius 1 is 1.09 bits per heavy atom. The van der Waals surface area contributed by atoms with Crippen molar-refractivity contribution >= 4 is 16.9 Å². The Labute approximate surface area is 127 Å². The van der Waals surface area contributed by atoms with E-state index in [2.05, 4.69) is 0 Å². The van der Waals surface area contributed by atoms with E-state index in [0.717, 1.165) is 0 Å². The first-order valence-corrected chi connectivity index (χ1v) is 6.65. The molecule has 7 heteroatoms. The van der Waals surface area contributed by atoms with Crippen LogP contribution in [-0.4, -0.2) is 47.0 Å². The van der Waals surface area contributed by atoms with Crippen LogP contribution < -0.4 is 4.74 Å². The van der Waals surface area contributed by atoms with Gasteiger partial charge in [-0.05, 0) is 12.1 Å². The zero-order valence-electron chi connectivity index (χ0n) is 12.5. The van der Waals surface area contributed by atoms with E-state index in [-0.39, 0.29) is 25.1 Å². The van der Waals surface area contributed by atoms with Crippen LogP contribution in [0.4, 0.5) is 0 Å². The quantitative estimate of drug-likeness (QED) is 0.399.